The number of pyridine rings is 1. The maximum absolute atomic E-state index is 12.1. The molecule has 6 nitrogen and oxygen atoms in total. The molecule has 0 radical (unpaired) electrons. The van der Waals surface area contributed by atoms with Crippen molar-refractivity contribution in [3.8, 4) is 0 Å². The van der Waals surface area contributed by atoms with E-state index in [1.165, 1.54) is 0 Å². The third-order valence-corrected chi connectivity index (χ3v) is 4.85. The van der Waals surface area contributed by atoms with Crippen LogP contribution in [-0.2, 0) is 6.42 Å². The molecule has 130 valence electrons. The van der Waals surface area contributed by atoms with Crippen molar-refractivity contribution in [1.29, 1.82) is 0 Å². The molecule has 0 spiro atoms. The van der Waals surface area contributed by atoms with Crippen molar-refractivity contribution in [2.75, 3.05) is 13.2 Å². The van der Waals surface area contributed by atoms with E-state index in [2.05, 4.69) is 15.6 Å². The highest BCUT2D eigenvalue weighted by Gasteiger charge is 2.25. The third-order valence-electron chi connectivity index (χ3n) is 4.85. The van der Waals surface area contributed by atoms with Gasteiger partial charge in [0.1, 0.15) is 5.65 Å². The standard InChI is InChI=1S/C18H26N4O2/c1-13-5-4-10-22-11-15(20-17(13)22)8-9-19-18(24)21-16-7-3-2-6-14(16)12-23/h4-5,10-11,14,16,23H,2-3,6-9,12H2,1H3,(H2,19,21,24)/t14-,16-/m0/s1. The molecule has 24 heavy (non-hydrogen) atoms. The van der Waals surface area contributed by atoms with Crippen LogP contribution in [0.3, 0.4) is 0 Å². The molecule has 0 aromatic carbocycles. The Morgan fingerprint density at radius 1 is 1.42 bits per heavy atom. The predicted octanol–water partition coefficient (Wildman–Crippen LogP) is 2.04. The van der Waals surface area contributed by atoms with Crippen LogP contribution in [0.25, 0.3) is 5.65 Å². The first kappa shape index (κ1) is 16.8. The Bertz CT molecular complexity index is 697. The zero-order valence-corrected chi connectivity index (χ0v) is 14.2. The first-order valence-electron chi connectivity index (χ1n) is 8.76. The van der Waals surface area contributed by atoms with Gasteiger partial charge in [0.25, 0.3) is 0 Å². The molecule has 3 N–H and O–H groups in total. The Morgan fingerprint density at radius 3 is 3.04 bits per heavy atom. The number of carbonyl (C=O) groups excluding carboxylic acids is 1. The number of rotatable bonds is 5. The second kappa shape index (κ2) is 7.66. The summed E-state index contributed by atoms with van der Waals surface area (Å²) in [6.45, 7) is 2.73. The Kier molecular flexibility index (Phi) is 5.35. The average molecular weight is 330 g/mol. The first-order valence-corrected chi connectivity index (χ1v) is 8.76. The van der Waals surface area contributed by atoms with Gasteiger partial charge in [0.2, 0.25) is 0 Å². The second-order valence-electron chi connectivity index (χ2n) is 6.64. The van der Waals surface area contributed by atoms with Gasteiger partial charge in [0.15, 0.2) is 0 Å². The highest BCUT2D eigenvalue weighted by Crippen LogP contribution is 2.23. The van der Waals surface area contributed by atoms with Gasteiger partial charge in [-0.15, -0.1) is 0 Å². The van der Waals surface area contributed by atoms with Gasteiger partial charge >= 0.3 is 6.03 Å². The Morgan fingerprint density at radius 2 is 2.25 bits per heavy atom. The summed E-state index contributed by atoms with van der Waals surface area (Å²) in [6, 6.07) is 3.97. The van der Waals surface area contributed by atoms with E-state index in [-0.39, 0.29) is 24.6 Å². The molecule has 0 bridgehead atoms. The summed E-state index contributed by atoms with van der Waals surface area (Å²) in [5, 5.41) is 15.3. The highest BCUT2D eigenvalue weighted by molar-refractivity contribution is 5.74. The summed E-state index contributed by atoms with van der Waals surface area (Å²) < 4.78 is 2.01. The fourth-order valence-corrected chi connectivity index (χ4v) is 3.46. The number of imidazole rings is 1. The number of urea groups is 1. The van der Waals surface area contributed by atoms with Crippen LogP contribution < -0.4 is 10.6 Å². The Labute approximate surface area is 142 Å². The van der Waals surface area contributed by atoms with Crippen molar-refractivity contribution in [3.63, 3.8) is 0 Å². The summed E-state index contributed by atoms with van der Waals surface area (Å²) in [5.74, 6) is 0.186. The second-order valence-corrected chi connectivity index (χ2v) is 6.64. The normalized spacial score (nSPS) is 20.9. The van der Waals surface area contributed by atoms with Crippen LogP contribution in [0.4, 0.5) is 4.79 Å². The molecule has 2 heterocycles. The first-order chi connectivity index (χ1) is 11.7. The third kappa shape index (κ3) is 3.87. The van der Waals surface area contributed by atoms with E-state index in [1.54, 1.807) is 0 Å². The van der Waals surface area contributed by atoms with Crippen molar-refractivity contribution in [1.82, 2.24) is 20.0 Å². The number of carbonyl (C=O) groups is 1. The van der Waals surface area contributed by atoms with Crippen LogP contribution in [0.1, 0.15) is 36.9 Å². The van der Waals surface area contributed by atoms with Crippen LogP contribution in [-0.4, -0.2) is 39.7 Å². The van der Waals surface area contributed by atoms with E-state index in [0.717, 1.165) is 42.6 Å². The quantitative estimate of drug-likeness (QED) is 0.785. The number of fused-ring (bicyclic) bond motifs is 1. The van der Waals surface area contributed by atoms with Gasteiger partial charge in [-0.1, -0.05) is 18.9 Å². The van der Waals surface area contributed by atoms with Gasteiger partial charge < -0.3 is 20.1 Å². The molecule has 0 aliphatic heterocycles. The molecule has 1 saturated carbocycles. The summed E-state index contributed by atoms with van der Waals surface area (Å²) in [5.41, 5.74) is 3.07. The number of nitrogens with one attached hydrogen (secondary N) is 2. The number of amides is 2. The van der Waals surface area contributed by atoms with E-state index in [9.17, 15) is 9.90 Å². The molecule has 2 atom stereocenters. The fourth-order valence-electron chi connectivity index (χ4n) is 3.46. The number of aliphatic hydroxyl groups excluding tert-OH is 1. The van der Waals surface area contributed by atoms with E-state index < -0.39 is 0 Å². The largest absolute Gasteiger partial charge is 0.396 e. The molecular formula is C18H26N4O2. The lowest BCUT2D eigenvalue weighted by molar-refractivity contribution is 0.154. The number of aromatic nitrogens is 2. The molecule has 6 heteroatoms. The fraction of sp³-hybridized carbons (Fsp3) is 0.556. The average Bonchev–Trinajstić information content (AvgIpc) is 3.00. The lowest BCUT2D eigenvalue weighted by Gasteiger charge is -2.30. The van der Waals surface area contributed by atoms with Crippen LogP contribution >= 0.6 is 0 Å². The van der Waals surface area contributed by atoms with Crippen molar-refractivity contribution >= 4 is 11.7 Å². The summed E-state index contributed by atoms with van der Waals surface area (Å²) in [4.78, 5) is 16.7. The maximum atomic E-state index is 12.1. The van der Waals surface area contributed by atoms with Crippen LogP contribution in [0.2, 0.25) is 0 Å². The number of aryl methyl sites for hydroxylation is 1. The van der Waals surface area contributed by atoms with Gasteiger partial charge in [0, 0.05) is 43.9 Å². The minimum Gasteiger partial charge on any atom is -0.396 e. The Balaban J connectivity index is 1.48. The van der Waals surface area contributed by atoms with E-state index in [1.807, 2.05) is 35.9 Å². The molecular weight excluding hydrogens is 304 g/mol. The molecule has 1 aliphatic carbocycles. The summed E-state index contributed by atoms with van der Waals surface area (Å²) in [6.07, 6.45) is 8.87. The van der Waals surface area contributed by atoms with Crippen molar-refractivity contribution in [2.24, 2.45) is 5.92 Å². The zero-order chi connectivity index (χ0) is 16.9. The lowest BCUT2D eigenvalue weighted by atomic mass is 9.85. The van der Waals surface area contributed by atoms with Gasteiger partial charge in [-0.05, 0) is 31.4 Å². The lowest BCUT2D eigenvalue weighted by Crippen LogP contribution is -2.48. The zero-order valence-electron chi connectivity index (χ0n) is 14.2. The number of hydrogen-bond acceptors (Lipinski definition) is 3. The number of nitrogens with zero attached hydrogens (tertiary/aromatic N) is 2. The van der Waals surface area contributed by atoms with Gasteiger partial charge in [-0.2, -0.15) is 0 Å². The van der Waals surface area contributed by atoms with E-state index in [0.29, 0.717) is 13.0 Å². The van der Waals surface area contributed by atoms with Crippen molar-refractivity contribution < 1.29 is 9.90 Å². The van der Waals surface area contributed by atoms with E-state index in [4.69, 9.17) is 0 Å². The van der Waals surface area contributed by atoms with Crippen LogP contribution in [0.5, 0.6) is 0 Å². The molecule has 3 rings (SSSR count). The van der Waals surface area contributed by atoms with Crippen LogP contribution in [0.15, 0.2) is 24.5 Å². The maximum Gasteiger partial charge on any atom is 0.315 e. The number of hydrogen-bond donors (Lipinski definition) is 3. The topological polar surface area (TPSA) is 78.7 Å². The molecule has 2 amide bonds. The summed E-state index contributed by atoms with van der Waals surface area (Å²) in [7, 11) is 0. The van der Waals surface area contributed by atoms with E-state index >= 15 is 0 Å². The van der Waals surface area contributed by atoms with Crippen molar-refractivity contribution in [3.05, 3.63) is 35.8 Å². The molecule has 0 saturated heterocycles. The van der Waals surface area contributed by atoms with Gasteiger partial charge in [0.05, 0.1) is 5.69 Å². The molecule has 2 aromatic rings. The smallest absolute Gasteiger partial charge is 0.315 e. The monoisotopic (exact) mass is 330 g/mol. The molecule has 1 fully saturated rings. The predicted molar refractivity (Wildman–Crippen MR) is 93.0 cm³/mol. The Hall–Kier alpha value is -2.08. The summed E-state index contributed by atoms with van der Waals surface area (Å²) >= 11 is 0. The van der Waals surface area contributed by atoms with Gasteiger partial charge in [-0.3, -0.25) is 0 Å². The number of aliphatic hydroxyl groups is 1. The van der Waals surface area contributed by atoms with Crippen molar-refractivity contribution in [2.45, 2.75) is 45.1 Å². The molecule has 0 unspecified atom stereocenters. The minimum absolute atomic E-state index is 0.0848. The van der Waals surface area contributed by atoms with Gasteiger partial charge in [-0.25, -0.2) is 9.78 Å². The molecule has 2 aromatic heterocycles. The minimum atomic E-state index is -0.153. The highest BCUT2D eigenvalue weighted by atomic mass is 16.3. The van der Waals surface area contributed by atoms with Crippen LogP contribution in [0, 0.1) is 12.8 Å². The SMILES string of the molecule is Cc1cccn2cc(CCNC(=O)N[C@H]3CCCC[C@H]3CO)nc12. The molecule has 1 aliphatic rings.